The highest BCUT2D eigenvalue weighted by molar-refractivity contribution is 6.30. The summed E-state index contributed by atoms with van der Waals surface area (Å²) in [6, 6.07) is 0. The second-order valence-electron chi connectivity index (χ2n) is 4.47. The summed E-state index contributed by atoms with van der Waals surface area (Å²) in [5.74, 6) is -9.56. The third kappa shape index (κ3) is 2.12. The zero-order valence-electron chi connectivity index (χ0n) is 8.91. The van der Waals surface area contributed by atoms with Crippen LogP contribution in [0.2, 0.25) is 5.31 Å². The maximum atomic E-state index is 13.3. The van der Waals surface area contributed by atoms with Crippen molar-refractivity contribution in [3.05, 3.63) is 0 Å². The molecule has 0 unspecified atom stereocenters. The Morgan fingerprint density at radius 3 is 1.33 bits per heavy atom. The van der Waals surface area contributed by atoms with E-state index in [9.17, 15) is 22.0 Å². The number of halogens is 5. The van der Waals surface area contributed by atoms with Gasteiger partial charge in [0.2, 0.25) is 0 Å². The van der Waals surface area contributed by atoms with Crippen LogP contribution in [0.1, 0.15) is 27.7 Å². The Hall–Kier alpha value is -0.325. The topological polar surface area (TPSA) is 20.2 Å². The van der Waals surface area contributed by atoms with E-state index in [-0.39, 0.29) is 7.48 Å². The summed E-state index contributed by atoms with van der Waals surface area (Å²) in [7, 11) is -0.0490. The highest BCUT2D eigenvalue weighted by atomic mass is 19.3. The van der Waals surface area contributed by atoms with Crippen molar-refractivity contribution in [2.24, 2.45) is 0 Å². The lowest BCUT2D eigenvalue weighted by molar-refractivity contribution is -0.276. The van der Waals surface area contributed by atoms with Crippen molar-refractivity contribution in [3.63, 3.8) is 0 Å². The van der Waals surface area contributed by atoms with Crippen molar-refractivity contribution >= 4 is 7.48 Å². The molecule has 0 spiro atoms. The Kier molecular flexibility index (Phi) is 3.53. The first-order chi connectivity index (χ1) is 6.31. The molecule has 1 N–H and O–H groups in total. The van der Waals surface area contributed by atoms with Crippen molar-refractivity contribution in [1.29, 1.82) is 0 Å². The summed E-state index contributed by atoms with van der Waals surface area (Å²) in [4.78, 5) is 0. The fourth-order valence-electron chi connectivity index (χ4n) is 0.859. The van der Waals surface area contributed by atoms with Gasteiger partial charge in [0.05, 0.1) is 0 Å². The number of rotatable bonds is 4. The van der Waals surface area contributed by atoms with Crippen molar-refractivity contribution in [1.82, 2.24) is 0 Å². The minimum Gasteiger partial charge on any atom is -0.453 e. The van der Waals surface area contributed by atoms with Gasteiger partial charge in [-0.3, -0.25) is 0 Å². The molecule has 0 atom stereocenters. The number of hydrogen-bond donors (Lipinski definition) is 1. The molecule has 0 rings (SSSR count). The highest BCUT2D eigenvalue weighted by Crippen LogP contribution is 2.55. The maximum absolute atomic E-state index is 13.3. The largest absolute Gasteiger partial charge is 0.453 e. The maximum Gasteiger partial charge on any atom is 0.342 e. The van der Waals surface area contributed by atoms with E-state index in [0.29, 0.717) is 27.7 Å². The van der Waals surface area contributed by atoms with E-state index in [1.54, 1.807) is 0 Å². The molecule has 0 heterocycles. The molecular formula is C8H13BF5O. The van der Waals surface area contributed by atoms with Gasteiger partial charge in [-0.1, -0.05) is 13.8 Å². The second kappa shape index (κ2) is 3.61. The minimum absolute atomic E-state index is 0.0490. The summed E-state index contributed by atoms with van der Waals surface area (Å²) in [5.41, 5.74) is -3.38. The van der Waals surface area contributed by atoms with Gasteiger partial charge in [0, 0.05) is 5.31 Å². The van der Waals surface area contributed by atoms with Gasteiger partial charge in [0.1, 0.15) is 0 Å². The fraction of sp³-hybridized carbons (Fsp3) is 1.00. The van der Waals surface area contributed by atoms with Gasteiger partial charge in [-0.25, -0.2) is 4.39 Å². The SMILES string of the molecule is CC(C)(F)C(F)(F)C(F)(F)C(C)(C)[B]O. The molecule has 0 bridgehead atoms. The standard InChI is InChI=1S/C8H13BF5O/c1-5(2,9-15)7(11,12)8(13,14)6(3,4)10/h15H,1-4H3. The van der Waals surface area contributed by atoms with E-state index in [1.807, 2.05) is 0 Å². The quantitative estimate of drug-likeness (QED) is 0.582. The zero-order valence-corrected chi connectivity index (χ0v) is 8.91. The third-order valence-electron chi connectivity index (χ3n) is 2.27. The van der Waals surface area contributed by atoms with E-state index < -0.39 is 22.8 Å². The van der Waals surface area contributed by atoms with E-state index in [2.05, 4.69) is 0 Å². The zero-order chi connectivity index (χ0) is 12.7. The van der Waals surface area contributed by atoms with Crippen LogP contribution in [-0.2, 0) is 0 Å². The Morgan fingerprint density at radius 2 is 1.13 bits per heavy atom. The average molecular weight is 231 g/mol. The van der Waals surface area contributed by atoms with Crippen molar-refractivity contribution in [3.8, 4) is 0 Å². The van der Waals surface area contributed by atoms with Crippen LogP contribution in [0, 0.1) is 0 Å². The van der Waals surface area contributed by atoms with Crippen LogP contribution in [0.4, 0.5) is 22.0 Å². The van der Waals surface area contributed by atoms with Crippen LogP contribution in [0.5, 0.6) is 0 Å². The first kappa shape index (κ1) is 14.7. The Balaban J connectivity index is 5.38. The molecule has 0 aromatic rings. The highest BCUT2D eigenvalue weighted by Gasteiger charge is 2.71. The molecule has 15 heavy (non-hydrogen) atoms. The Labute approximate surface area is 85.9 Å². The predicted octanol–water partition coefficient (Wildman–Crippen LogP) is 2.82. The van der Waals surface area contributed by atoms with Crippen LogP contribution >= 0.6 is 0 Å². The molecule has 7 heteroatoms. The van der Waals surface area contributed by atoms with E-state index in [0.717, 1.165) is 0 Å². The molecule has 0 fully saturated rings. The van der Waals surface area contributed by atoms with E-state index in [1.165, 1.54) is 0 Å². The first-order valence-corrected chi connectivity index (χ1v) is 4.24. The lowest BCUT2D eigenvalue weighted by Crippen LogP contribution is -2.58. The molecule has 1 nitrogen and oxygen atoms in total. The van der Waals surface area contributed by atoms with Gasteiger partial charge < -0.3 is 5.02 Å². The molecule has 0 aromatic carbocycles. The van der Waals surface area contributed by atoms with Crippen molar-refractivity contribution < 1.29 is 27.0 Å². The molecular weight excluding hydrogens is 218 g/mol. The van der Waals surface area contributed by atoms with Gasteiger partial charge in [0.15, 0.2) is 5.67 Å². The van der Waals surface area contributed by atoms with E-state index >= 15 is 0 Å². The van der Waals surface area contributed by atoms with Crippen LogP contribution in [0.25, 0.3) is 0 Å². The molecule has 0 saturated carbocycles. The van der Waals surface area contributed by atoms with Crippen molar-refractivity contribution in [2.75, 3.05) is 0 Å². The van der Waals surface area contributed by atoms with Gasteiger partial charge in [-0.2, -0.15) is 17.6 Å². The third-order valence-corrected chi connectivity index (χ3v) is 2.27. The van der Waals surface area contributed by atoms with Crippen LogP contribution in [-0.4, -0.2) is 30.0 Å². The van der Waals surface area contributed by atoms with Gasteiger partial charge in [-0.05, 0) is 13.8 Å². The van der Waals surface area contributed by atoms with Gasteiger partial charge in [-0.15, -0.1) is 0 Å². The lowest BCUT2D eigenvalue weighted by Gasteiger charge is -2.41. The molecule has 89 valence electrons. The van der Waals surface area contributed by atoms with E-state index in [4.69, 9.17) is 5.02 Å². The first-order valence-electron chi connectivity index (χ1n) is 4.24. The summed E-state index contributed by atoms with van der Waals surface area (Å²) in [5, 5.41) is 5.98. The number of alkyl halides is 5. The van der Waals surface area contributed by atoms with Gasteiger partial charge in [0.25, 0.3) is 7.48 Å². The minimum atomic E-state index is -4.87. The average Bonchev–Trinajstić information content (AvgIpc) is 2.01. The molecule has 0 aliphatic carbocycles. The molecule has 0 amide bonds. The molecule has 1 radical (unpaired) electrons. The Bertz CT molecular complexity index is 234. The van der Waals surface area contributed by atoms with Crippen LogP contribution in [0.3, 0.4) is 0 Å². The summed E-state index contributed by atoms with van der Waals surface area (Å²) >= 11 is 0. The number of hydrogen-bond acceptors (Lipinski definition) is 1. The predicted molar refractivity (Wildman–Crippen MR) is 47.1 cm³/mol. The second-order valence-corrected chi connectivity index (χ2v) is 4.47. The monoisotopic (exact) mass is 231 g/mol. The summed E-state index contributed by atoms with van der Waals surface area (Å²) < 4.78 is 65.9. The fourth-order valence-corrected chi connectivity index (χ4v) is 0.859. The smallest absolute Gasteiger partial charge is 0.342 e. The normalized spacial score (nSPS) is 15.3. The van der Waals surface area contributed by atoms with Crippen molar-refractivity contribution in [2.45, 2.75) is 50.5 Å². The lowest BCUT2D eigenvalue weighted by atomic mass is 9.60. The Morgan fingerprint density at radius 1 is 0.800 bits per heavy atom. The molecule has 0 aliphatic heterocycles. The molecule has 0 aliphatic rings. The summed E-state index contributed by atoms with van der Waals surface area (Å²) in [6.07, 6.45) is 0. The van der Waals surface area contributed by atoms with Crippen LogP contribution in [0.15, 0.2) is 0 Å². The molecule has 0 saturated heterocycles. The summed E-state index contributed by atoms with van der Waals surface area (Å²) in [6.45, 7) is 2.14. The van der Waals surface area contributed by atoms with Crippen LogP contribution < -0.4 is 0 Å². The molecule has 0 aromatic heterocycles. The van der Waals surface area contributed by atoms with Gasteiger partial charge >= 0.3 is 11.8 Å².